The van der Waals surface area contributed by atoms with Crippen LogP contribution in [0.5, 0.6) is 0 Å². The molecule has 5 rings (SSSR count). The van der Waals surface area contributed by atoms with Crippen molar-refractivity contribution in [3.05, 3.63) is 48.2 Å². The van der Waals surface area contributed by atoms with Gasteiger partial charge in [-0.1, -0.05) is 0 Å². The molecule has 0 atom stereocenters. The molecule has 12 nitrogen and oxygen atoms in total. The second-order valence-electron chi connectivity index (χ2n) is 11.4. The monoisotopic (exact) mass is 596 g/mol. The Balaban J connectivity index is 1.29. The summed E-state index contributed by atoms with van der Waals surface area (Å²) in [4.78, 5) is 34.5. The predicted molar refractivity (Wildman–Crippen MR) is 160 cm³/mol. The zero-order valence-corrected chi connectivity index (χ0v) is 25.1. The molecule has 1 aromatic carbocycles. The molecule has 0 saturated carbocycles. The molecule has 43 heavy (non-hydrogen) atoms. The fourth-order valence-corrected chi connectivity index (χ4v) is 4.92. The molecule has 0 aliphatic carbocycles. The SMILES string of the molecule is CN(C)CCNC(=O)C1(C)COC(c2nc(-c3ccc(F)cc3)c(-c3ccnc(NCCCN4CCOCC4)n3)[nH]2)OC1. The number of nitrogens with one attached hydrogen (secondary N) is 3. The van der Waals surface area contributed by atoms with E-state index in [0.29, 0.717) is 41.0 Å². The molecule has 2 saturated heterocycles. The summed E-state index contributed by atoms with van der Waals surface area (Å²) in [6.07, 6.45) is 1.83. The van der Waals surface area contributed by atoms with E-state index < -0.39 is 11.7 Å². The highest BCUT2D eigenvalue weighted by Gasteiger charge is 2.40. The number of ether oxygens (including phenoxy) is 3. The number of nitrogens with zero attached hydrogens (tertiary/aromatic N) is 5. The fraction of sp³-hybridized carbons (Fsp3) is 0.533. The van der Waals surface area contributed by atoms with Gasteiger partial charge in [-0.2, -0.15) is 0 Å². The number of halogens is 1. The molecule has 3 aromatic rings. The minimum absolute atomic E-state index is 0.120. The van der Waals surface area contributed by atoms with Crippen molar-refractivity contribution in [3.8, 4) is 22.6 Å². The van der Waals surface area contributed by atoms with E-state index in [0.717, 1.165) is 52.4 Å². The number of hydrogen-bond donors (Lipinski definition) is 3. The largest absolute Gasteiger partial charge is 0.379 e. The maximum atomic E-state index is 13.8. The molecule has 1 amide bonds. The molecule has 3 N–H and O–H groups in total. The highest BCUT2D eigenvalue weighted by Crippen LogP contribution is 2.35. The summed E-state index contributed by atoms with van der Waals surface area (Å²) in [7, 11) is 3.91. The Morgan fingerprint density at radius 2 is 1.86 bits per heavy atom. The Labute approximate surface area is 251 Å². The van der Waals surface area contributed by atoms with Crippen molar-refractivity contribution in [1.82, 2.24) is 35.1 Å². The van der Waals surface area contributed by atoms with Crippen LogP contribution in [-0.4, -0.2) is 115 Å². The highest BCUT2D eigenvalue weighted by atomic mass is 19.1. The topological polar surface area (TPSA) is 130 Å². The number of imidazole rings is 1. The molecule has 232 valence electrons. The van der Waals surface area contributed by atoms with Crippen LogP contribution in [0, 0.1) is 11.2 Å². The molecule has 2 fully saturated rings. The molecule has 13 heteroatoms. The van der Waals surface area contributed by atoms with E-state index >= 15 is 0 Å². The van der Waals surface area contributed by atoms with Crippen molar-refractivity contribution in [2.45, 2.75) is 19.6 Å². The Morgan fingerprint density at radius 3 is 2.58 bits per heavy atom. The highest BCUT2D eigenvalue weighted by molar-refractivity contribution is 5.82. The van der Waals surface area contributed by atoms with Gasteiger partial charge in [-0.15, -0.1) is 0 Å². The smallest absolute Gasteiger partial charge is 0.230 e. The molecule has 2 aromatic heterocycles. The number of carbonyl (C=O) groups excluding carboxylic acids is 1. The molecule has 4 heterocycles. The van der Waals surface area contributed by atoms with Crippen LogP contribution in [0.15, 0.2) is 36.5 Å². The molecule has 2 aliphatic rings. The first-order chi connectivity index (χ1) is 20.8. The van der Waals surface area contributed by atoms with E-state index in [1.54, 1.807) is 24.4 Å². The Kier molecular flexibility index (Phi) is 10.3. The molecule has 0 bridgehead atoms. The maximum absolute atomic E-state index is 13.8. The average Bonchev–Trinajstić information content (AvgIpc) is 3.46. The van der Waals surface area contributed by atoms with Gasteiger partial charge < -0.3 is 34.7 Å². The second-order valence-corrected chi connectivity index (χ2v) is 11.4. The van der Waals surface area contributed by atoms with Crippen molar-refractivity contribution in [3.63, 3.8) is 0 Å². The minimum Gasteiger partial charge on any atom is -0.379 e. The van der Waals surface area contributed by atoms with Crippen LogP contribution in [0.25, 0.3) is 22.6 Å². The summed E-state index contributed by atoms with van der Waals surface area (Å²) in [5.41, 5.74) is 1.70. The van der Waals surface area contributed by atoms with Crippen molar-refractivity contribution in [2.75, 3.05) is 85.1 Å². The van der Waals surface area contributed by atoms with E-state index in [1.807, 2.05) is 25.9 Å². The van der Waals surface area contributed by atoms with E-state index in [9.17, 15) is 9.18 Å². The summed E-state index contributed by atoms with van der Waals surface area (Å²) in [5.74, 6) is 0.476. The first-order valence-electron chi connectivity index (χ1n) is 14.7. The maximum Gasteiger partial charge on any atom is 0.230 e. The number of anilines is 1. The van der Waals surface area contributed by atoms with Gasteiger partial charge in [0.25, 0.3) is 0 Å². The lowest BCUT2D eigenvalue weighted by Crippen LogP contribution is -2.49. The number of hydrogen-bond acceptors (Lipinski definition) is 10. The predicted octanol–water partition coefficient (Wildman–Crippen LogP) is 2.54. The molecular weight excluding hydrogens is 555 g/mol. The van der Waals surface area contributed by atoms with Gasteiger partial charge in [0.1, 0.15) is 5.82 Å². The third-order valence-corrected chi connectivity index (χ3v) is 7.51. The molecular formula is C30H41FN8O4. The van der Waals surface area contributed by atoms with Crippen LogP contribution in [-0.2, 0) is 19.0 Å². The van der Waals surface area contributed by atoms with Crippen molar-refractivity contribution >= 4 is 11.9 Å². The van der Waals surface area contributed by atoms with Gasteiger partial charge in [-0.25, -0.2) is 19.3 Å². The lowest BCUT2D eigenvalue weighted by Gasteiger charge is -2.35. The van der Waals surface area contributed by atoms with Crippen LogP contribution < -0.4 is 10.6 Å². The van der Waals surface area contributed by atoms with Gasteiger partial charge in [0.05, 0.1) is 48.9 Å². The lowest BCUT2D eigenvalue weighted by atomic mass is 9.91. The van der Waals surface area contributed by atoms with Gasteiger partial charge in [0, 0.05) is 44.5 Å². The number of aromatic nitrogens is 4. The van der Waals surface area contributed by atoms with Crippen LogP contribution in [0.4, 0.5) is 10.3 Å². The van der Waals surface area contributed by atoms with Gasteiger partial charge in [-0.05, 0) is 64.3 Å². The number of H-pyrrole nitrogens is 1. The molecule has 0 spiro atoms. The van der Waals surface area contributed by atoms with Gasteiger partial charge >= 0.3 is 0 Å². The first kappa shape index (κ1) is 31.0. The summed E-state index contributed by atoms with van der Waals surface area (Å²) < 4.78 is 31.2. The van der Waals surface area contributed by atoms with Crippen molar-refractivity contribution in [2.24, 2.45) is 5.41 Å². The van der Waals surface area contributed by atoms with Gasteiger partial charge in [-0.3, -0.25) is 9.69 Å². The number of rotatable bonds is 12. The van der Waals surface area contributed by atoms with E-state index in [2.05, 4.69) is 25.5 Å². The van der Waals surface area contributed by atoms with Crippen LogP contribution >= 0.6 is 0 Å². The van der Waals surface area contributed by atoms with E-state index in [1.165, 1.54) is 12.1 Å². The Morgan fingerprint density at radius 1 is 1.12 bits per heavy atom. The normalized spacial score (nSPS) is 21.2. The van der Waals surface area contributed by atoms with E-state index in [4.69, 9.17) is 24.2 Å². The fourth-order valence-electron chi connectivity index (χ4n) is 4.92. The third kappa shape index (κ3) is 8.12. The standard InChI is InChI=1S/C30H41FN8O4/c1-30(28(40)32-12-14-38(2)3)19-42-27(43-20-30)26-36-24(21-5-7-22(31)8-6-21)25(37-26)23-9-11-34-29(35-23)33-10-4-13-39-15-17-41-18-16-39/h5-9,11,27H,4,10,12-20H2,1-3H3,(H,32,40)(H,36,37)(H,33,34,35). The summed E-state index contributed by atoms with van der Waals surface area (Å²) in [6.45, 7) is 8.61. The summed E-state index contributed by atoms with van der Waals surface area (Å²) in [6, 6.07) is 7.91. The molecule has 0 unspecified atom stereocenters. The molecule has 0 radical (unpaired) electrons. The lowest BCUT2D eigenvalue weighted by molar-refractivity contribution is -0.231. The zero-order chi connectivity index (χ0) is 30.2. The summed E-state index contributed by atoms with van der Waals surface area (Å²) in [5, 5.41) is 6.27. The van der Waals surface area contributed by atoms with Crippen LogP contribution in [0.3, 0.4) is 0 Å². The zero-order valence-electron chi connectivity index (χ0n) is 25.1. The van der Waals surface area contributed by atoms with Gasteiger partial charge in [0.15, 0.2) is 5.82 Å². The van der Waals surface area contributed by atoms with Crippen LogP contribution in [0.1, 0.15) is 25.5 Å². The number of aromatic amines is 1. The number of morpholine rings is 1. The van der Waals surface area contributed by atoms with Gasteiger partial charge in [0.2, 0.25) is 18.1 Å². The number of amides is 1. The van der Waals surface area contributed by atoms with E-state index in [-0.39, 0.29) is 24.9 Å². The quantitative estimate of drug-likeness (QED) is 0.268. The summed E-state index contributed by atoms with van der Waals surface area (Å²) >= 11 is 0. The number of carbonyl (C=O) groups is 1. The second kappa shape index (κ2) is 14.3. The van der Waals surface area contributed by atoms with Crippen molar-refractivity contribution < 1.29 is 23.4 Å². The Hall–Kier alpha value is -3.49. The third-order valence-electron chi connectivity index (χ3n) is 7.51. The first-order valence-corrected chi connectivity index (χ1v) is 14.7. The molecule has 2 aliphatic heterocycles. The van der Waals surface area contributed by atoms with Crippen LogP contribution in [0.2, 0.25) is 0 Å². The van der Waals surface area contributed by atoms with Crippen molar-refractivity contribution in [1.29, 1.82) is 0 Å². The number of benzene rings is 1. The number of likely N-dealkylation sites (N-methyl/N-ethyl adjacent to an activating group) is 1. The average molecular weight is 597 g/mol. The Bertz CT molecular complexity index is 1340. The minimum atomic E-state index is -0.826.